The molecule has 0 aliphatic carbocycles. The summed E-state index contributed by atoms with van der Waals surface area (Å²) in [4.78, 5) is 2.39. The monoisotopic (exact) mass is 286 g/mol. The van der Waals surface area contributed by atoms with Crippen molar-refractivity contribution in [2.75, 3.05) is 40.0 Å². The van der Waals surface area contributed by atoms with Gasteiger partial charge in [0.1, 0.15) is 0 Å². The summed E-state index contributed by atoms with van der Waals surface area (Å²) < 4.78 is 11.0. The third-order valence-corrected chi connectivity index (χ3v) is 4.49. The molecule has 5 heteroatoms. The van der Waals surface area contributed by atoms with Crippen molar-refractivity contribution in [1.29, 1.82) is 0 Å². The first kappa shape index (κ1) is 16.2. The molecule has 0 bridgehead atoms. The number of nitrogens with zero attached hydrogens (tertiary/aromatic N) is 1. The lowest BCUT2D eigenvalue weighted by molar-refractivity contribution is -0.0175. The fourth-order valence-electron chi connectivity index (χ4n) is 2.95. The lowest BCUT2D eigenvalue weighted by Crippen LogP contribution is -2.47. The lowest BCUT2D eigenvalue weighted by Gasteiger charge is -2.35. The first-order chi connectivity index (χ1) is 9.65. The van der Waals surface area contributed by atoms with E-state index in [9.17, 15) is 5.11 Å². The van der Waals surface area contributed by atoms with E-state index in [0.717, 1.165) is 38.8 Å². The molecule has 0 amide bonds. The molecular formula is C15H30N2O3. The maximum absolute atomic E-state index is 9.93. The number of piperidine rings is 1. The number of rotatable bonds is 7. The Morgan fingerprint density at radius 1 is 1.45 bits per heavy atom. The van der Waals surface area contributed by atoms with Gasteiger partial charge in [0.2, 0.25) is 0 Å². The summed E-state index contributed by atoms with van der Waals surface area (Å²) in [6, 6.07) is 1.14. The quantitative estimate of drug-likeness (QED) is 0.718. The molecule has 5 nitrogen and oxygen atoms in total. The fourth-order valence-corrected chi connectivity index (χ4v) is 2.95. The van der Waals surface area contributed by atoms with Crippen molar-refractivity contribution < 1.29 is 14.6 Å². The van der Waals surface area contributed by atoms with Crippen molar-refractivity contribution >= 4 is 0 Å². The van der Waals surface area contributed by atoms with Crippen LogP contribution in [0.3, 0.4) is 0 Å². The summed E-state index contributed by atoms with van der Waals surface area (Å²) in [7, 11) is 2.18. The smallest absolute Gasteiger partial charge is 0.0897 e. The predicted molar refractivity (Wildman–Crippen MR) is 78.9 cm³/mol. The maximum atomic E-state index is 9.93. The van der Waals surface area contributed by atoms with E-state index in [4.69, 9.17) is 9.47 Å². The van der Waals surface area contributed by atoms with Gasteiger partial charge in [-0.05, 0) is 46.2 Å². The van der Waals surface area contributed by atoms with Gasteiger partial charge in [-0.15, -0.1) is 0 Å². The second-order valence-electron chi connectivity index (χ2n) is 6.29. The summed E-state index contributed by atoms with van der Waals surface area (Å²) in [6.45, 7) is 5.87. The highest BCUT2D eigenvalue weighted by atomic mass is 16.5. The molecule has 0 saturated carbocycles. The highest BCUT2D eigenvalue weighted by molar-refractivity contribution is 4.81. The molecule has 4 unspecified atom stereocenters. The standard InChI is InChI=1S/C15H30N2O3/c1-12-8-13(5-6-17(12)2)16-9-14(18)10-19-11-15-4-3-7-20-15/h12-16,18H,3-11H2,1-2H3. The highest BCUT2D eigenvalue weighted by Gasteiger charge is 2.23. The third kappa shape index (κ3) is 5.30. The van der Waals surface area contributed by atoms with Gasteiger partial charge in [0.25, 0.3) is 0 Å². The van der Waals surface area contributed by atoms with Crippen LogP contribution in [-0.2, 0) is 9.47 Å². The van der Waals surface area contributed by atoms with Crippen LogP contribution in [0, 0.1) is 0 Å². The van der Waals surface area contributed by atoms with Gasteiger partial charge in [0.15, 0.2) is 0 Å². The van der Waals surface area contributed by atoms with E-state index in [2.05, 4.69) is 24.2 Å². The van der Waals surface area contributed by atoms with Crippen molar-refractivity contribution in [2.45, 2.75) is 56.9 Å². The van der Waals surface area contributed by atoms with Gasteiger partial charge in [-0.3, -0.25) is 0 Å². The molecule has 20 heavy (non-hydrogen) atoms. The zero-order chi connectivity index (χ0) is 14.4. The van der Waals surface area contributed by atoms with Crippen LogP contribution in [0.15, 0.2) is 0 Å². The molecule has 2 aliphatic rings. The van der Waals surface area contributed by atoms with E-state index >= 15 is 0 Å². The molecule has 0 aromatic heterocycles. The van der Waals surface area contributed by atoms with Crippen LogP contribution < -0.4 is 5.32 Å². The molecule has 2 fully saturated rings. The van der Waals surface area contributed by atoms with Crippen LogP contribution in [0.5, 0.6) is 0 Å². The summed E-state index contributed by atoms with van der Waals surface area (Å²) >= 11 is 0. The molecule has 2 heterocycles. The van der Waals surface area contributed by atoms with Crippen molar-refractivity contribution in [3.05, 3.63) is 0 Å². The zero-order valence-corrected chi connectivity index (χ0v) is 12.9. The number of hydrogen-bond donors (Lipinski definition) is 2. The second-order valence-corrected chi connectivity index (χ2v) is 6.29. The molecule has 0 radical (unpaired) electrons. The minimum absolute atomic E-state index is 0.241. The van der Waals surface area contributed by atoms with E-state index < -0.39 is 6.10 Å². The molecule has 0 spiro atoms. The summed E-state index contributed by atoms with van der Waals surface area (Å²) in [6.07, 6.45) is 4.34. The predicted octanol–water partition coefficient (Wildman–Crippen LogP) is 0.615. The van der Waals surface area contributed by atoms with Gasteiger partial charge in [-0.25, -0.2) is 0 Å². The molecule has 4 atom stereocenters. The Bertz CT molecular complexity index is 272. The maximum Gasteiger partial charge on any atom is 0.0897 e. The van der Waals surface area contributed by atoms with Gasteiger partial charge in [-0.1, -0.05) is 0 Å². The summed E-state index contributed by atoms with van der Waals surface area (Å²) in [5, 5.41) is 13.4. The van der Waals surface area contributed by atoms with Crippen molar-refractivity contribution in [2.24, 2.45) is 0 Å². The normalized spacial score (nSPS) is 33.5. The molecule has 2 N–H and O–H groups in total. The van der Waals surface area contributed by atoms with Gasteiger partial charge >= 0.3 is 0 Å². The minimum Gasteiger partial charge on any atom is -0.389 e. The molecule has 2 rings (SSSR count). The summed E-state index contributed by atoms with van der Waals surface area (Å²) in [5.74, 6) is 0. The van der Waals surface area contributed by atoms with Crippen LogP contribution in [0.4, 0.5) is 0 Å². The van der Waals surface area contributed by atoms with E-state index in [-0.39, 0.29) is 6.10 Å². The Balaban J connectivity index is 1.52. The van der Waals surface area contributed by atoms with E-state index in [1.54, 1.807) is 0 Å². The SMILES string of the molecule is CC1CC(NCC(O)COCC2CCCO2)CCN1C. The largest absolute Gasteiger partial charge is 0.389 e. The molecule has 2 aliphatic heterocycles. The van der Waals surface area contributed by atoms with Crippen LogP contribution in [0.2, 0.25) is 0 Å². The Morgan fingerprint density at radius 3 is 3.00 bits per heavy atom. The van der Waals surface area contributed by atoms with E-state index in [1.165, 1.54) is 0 Å². The number of nitrogens with one attached hydrogen (secondary N) is 1. The first-order valence-electron chi connectivity index (χ1n) is 7.96. The number of aliphatic hydroxyl groups excluding tert-OH is 1. The molecule has 0 aromatic rings. The molecule has 2 saturated heterocycles. The Labute approximate surface area is 122 Å². The van der Waals surface area contributed by atoms with Crippen LogP contribution in [-0.4, -0.2) is 74.3 Å². The second kappa shape index (κ2) is 8.29. The van der Waals surface area contributed by atoms with Crippen LogP contribution >= 0.6 is 0 Å². The topological polar surface area (TPSA) is 54.0 Å². The van der Waals surface area contributed by atoms with E-state index in [0.29, 0.717) is 31.8 Å². The number of hydrogen-bond acceptors (Lipinski definition) is 5. The van der Waals surface area contributed by atoms with Crippen molar-refractivity contribution in [3.63, 3.8) is 0 Å². The minimum atomic E-state index is -0.425. The van der Waals surface area contributed by atoms with Gasteiger partial charge < -0.3 is 24.8 Å². The van der Waals surface area contributed by atoms with E-state index in [1.807, 2.05) is 0 Å². The van der Waals surface area contributed by atoms with Crippen molar-refractivity contribution in [3.8, 4) is 0 Å². The van der Waals surface area contributed by atoms with Gasteiger partial charge in [0, 0.05) is 25.2 Å². The number of likely N-dealkylation sites (tertiary alicyclic amines) is 1. The van der Waals surface area contributed by atoms with Crippen LogP contribution in [0.1, 0.15) is 32.6 Å². The molecular weight excluding hydrogens is 256 g/mol. The van der Waals surface area contributed by atoms with Crippen molar-refractivity contribution in [1.82, 2.24) is 10.2 Å². The number of aliphatic hydroxyl groups is 1. The van der Waals surface area contributed by atoms with Crippen LogP contribution in [0.25, 0.3) is 0 Å². The zero-order valence-electron chi connectivity index (χ0n) is 12.9. The average Bonchev–Trinajstić information content (AvgIpc) is 2.93. The molecule has 118 valence electrons. The van der Waals surface area contributed by atoms with Gasteiger partial charge in [-0.2, -0.15) is 0 Å². The lowest BCUT2D eigenvalue weighted by atomic mass is 9.99. The Morgan fingerprint density at radius 2 is 2.30 bits per heavy atom. The average molecular weight is 286 g/mol. The first-order valence-corrected chi connectivity index (χ1v) is 7.96. The number of ether oxygens (including phenoxy) is 2. The Hall–Kier alpha value is -0.200. The fraction of sp³-hybridized carbons (Fsp3) is 1.00. The highest BCUT2D eigenvalue weighted by Crippen LogP contribution is 2.15. The Kier molecular flexibility index (Phi) is 6.71. The third-order valence-electron chi connectivity index (χ3n) is 4.49. The summed E-state index contributed by atoms with van der Waals surface area (Å²) in [5.41, 5.74) is 0. The van der Waals surface area contributed by atoms with Gasteiger partial charge in [0.05, 0.1) is 25.4 Å². The molecule has 0 aromatic carbocycles.